The minimum atomic E-state index is -3.66. The van der Waals surface area contributed by atoms with Crippen LogP contribution in [0.25, 0.3) is 6.08 Å². The van der Waals surface area contributed by atoms with Gasteiger partial charge in [-0.3, -0.25) is 0 Å². The second-order valence-corrected chi connectivity index (χ2v) is 7.15. The lowest BCUT2D eigenvalue weighted by Crippen LogP contribution is -2.22. The molecule has 0 spiro atoms. The molecule has 0 radical (unpaired) electrons. The standard InChI is InChI=1S/C19H19NO3S/c1-5-16-8-9-18(23-4)14-17(16)12-13-20(3)24(21,22)19-10-6-15(2)7-11-19/h5-11,14H,1H2,2-4H3. The SMILES string of the molecule is C=Cc1ccc(OC)cc1C#CN(C)S(=O)(=O)c1ccc(C)cc1. The Morgan fingerprint density at radius 2 is 1.83 bits per heavy atom. The average Bonchev–Trinajstić information content (AvgIpc) is 2.59. The second-order valence-electron chi connectivity index (χ2n) is 5.18. The Morgan fingerprint density at radius 3 is 2.42 bits per heavy atom. The van der Waals surface area contributed by atoms with E-state index in [0.29, 0.717) is 11.3 Å². The molecule has 0 aliphatic rings. The number of aryl methyl sites for hydroxylation is 1. The summed E-state index contributed by atoms with van der Waals surface area (Å²) in [5.74, 6) is 3.52. The minimum Gasteiger partial charge on any atom is -0.497 e. The van der Waals surface area contributed by atoms with Crippen molar-refractivity contribution in [3.63, 3.8) is 0 Å². The maximum atomic E-state index is 12.5. The van der Waals surface area contributed by atoms with Crippen molar-refractivity contribution in [3.05, 3.63) is 65.7 Å². The number of benzene rings is 2. The van der Waals surface area contributed by atoms with Gasteiger partial charge in [-0.1, -0.05) is 36.4 Å². The fraction of sp³-hybridized carbons (Fsp3) is 0.158. The predicted molar refractivity (Wildman–Crippen MR) is 96.1 cm³/mol. The lowest BCUT2D eigenvalue weighted by atomic mass is 10.1. The zero-order valence-corrected chi connectivity index (χ0v) is 14.7. The molecule has 0 amide bonds. The molecule has 0 saturated heterocycles. The summed E-state index contributed by atoms with van der Waals surface area (Å²) in [5, 5.41) is 0. The van der Waals surface area contributed by atoms with E-state index in [1.54, 1.807) is 49.6 Å². The predicted octanol–water partition coefficient (Wildman–Crippen LogP) is 3.28. The molecular weight excluding hydrogens is 322 g/mol. The fourth-order valence-corrected chi connectivity index (χ4v) is 2.98. The summed E-state index contributed by atoms with van der Waals surface area (Å²) in [6, 6.07) is 14.7. The Hall–Kier alpha value is -2.71. The van der Waals surface area contributed by atoms with Crippen LogP contribution in [-0.2, 0) is 10.0 Å². The summed E-state index contributed by atoms with van der Waals surface area (Å²) in [6.45, 7) is 5.64. The summed E-state index contributed by atoms with van der Waals surface area (Å²) >= 11 is 0. The van der Waals surface area contributed by atoms with Gasteiger partial charge in [0.2, 0.25) is 0 Å². The molecule has 0 fully saturated rings. The molecule has 0 N–H and O–H groups in total. The first-order valence-corrected chi connectivity index (χ1v) is 8.70. The van der Waals surface area contributed by atoms with Gasteiger partial charge in [-0.15, -0.1) is 0 Å². The first kappa shape index (κ1) is 17.6. The maximum absolute atomic E-state index is 12.5. The molecule has 2 rings (SSSR count). The van der Waals surface area contributed by atoms with E-state index in [1.165, 1.54) is 7.05 Å². The van der Waals surface area contributed by atoms with Gasteiger partial charge in [-0.25, -0.2) is 12.7 Å². The van der Waals surface area contributed by atoms with Crippen molar-refractivity contribution in [1.82, 2.24) is 4.31 Å². The monoisotopic (exact) mass is 341 g/mol. The Kier molecular flexibility index (Phi) is 5.32. The number of hydrogen-bond acceptors (Lipinski definition) is 3. The van der Waals surface area contributed by atoms with Crippen LogP contribution in [0.15, 0.2) is 53.9 Å². The van der Waals surface area contributed by atoms with Crippen molar-refractivity contribution in [2.45, 2.75) is 11.8 Å². The Morgan fingerprint density at radius 1 is 1.17 bits per heavy atom. The van der Waals surface area contributed by atoms with Gasteiger partial charge in [0.25, 0.3) is 10.0 Å². The summed E-state index contributed by atoms with van der Waals surface area (Å²) in [5.41, 5.74) is 2.45. The molecule has 5 heteroatoms. The Labute approximate surface area is 143 Å². The highest BCUT2D eigenvalue weighted by Gasteiger charge is 2.18. The van der Waals surface area contributed by atoms with Crippen molar-refractivity contribution < 1.29 is 13.2 Å². The van der Waals surface area contributed by atoms with Crippen molar-refractivity contribution in [2.24, 2.45) is 0 Å². The highest BCUT2D eigenvalue weighted by atomic mass is 32.2. The molecule has 0 heterocycles. The van der Waals surface area contributed by atoms with E-state index < -0.39 is 10.0 Å². The number of methoxy groups -OCH3 is 1. The van der Waals surface area contributed by atoms with Crippen molar-refractivity contribution >= 4 is 16.1 Å². The molecule has 0 unspecified atom stereocenters. The normalized spacial score (nSPS) is 10.5. The number of ether oxygens (including phenoxy) is 1. The molecule has 4 nitrogen and oxygen atoms in total. The van der Waals surface area contributed by atoms with Gasteiger partial charge in [0.05, 0.1) is 12.0 Å². The third kappa shape index (κ3) is 3.79. The van der Waals surface area contributed by atoms with E-state index in [0.717, 1.165) is 15.4 Å². The molecule has 2 aromatic carbocycles. The summed E-state index contributed by atoms with van der Waals surface area (Å²) in [4.78, 5) is 0.208. The molecule has 0 bridgehead atoms. The summed E-state index contributed by atoms with van der Waals surface area (Å²) < 4.78 is 31.2. The van der Waals surface area contributed by atoms with Gasteiger partial charge in [-0.05, 0) is 42.7 Å². The molecule has 0 atom stereocenters. The average molecular weight is 341 g/mol. The van der Waals surface area contributed by atoms with Gasteiger partial charge < -0.3 is 4.74 Å². The van der Waals surface area contributed by atoms with E-state index in [9.17, 15) is 8.42 Å². The number of sulfonamides is 1. The van der Waals surface area contributed by atoms with Gasteiger partial charge in [0, 0.05) is 18.7 Å². The van der Waals surface area contributed by atoms with E-state index >= 15 is 0 Å². The highest BCUT2D eigenvalue weighted by Crippen LogP contribution is 2.18. The van der Waals surface area contributed by atoms with E-state index in [1.807, 2.05) is 13.0 Å². The lowest BCUT2D eigenvalue weighted by molar-refractivity contribution is 0.414. The number of hydrogen-bond donors (Lipinski definition) is 0. The van der Waals surface area contributed by atoms with Crippen LogP contribution in [0, 0.1) is 18.9 Å². The van der Waals surface area contributed by atoms with Crippen LogP contribution in [0.4, 0.5) is 0 Å². The quantitative estimate of drug-likeness (QED) is 0.633. The third-order valence-electron chi connectivity index (χ3n) is 3.51. The van der Waals surface area contributed by atoms with Crippen LogP contribution in [0.1, 0.15) is 16.7 Å². The van der Waals surface area contributed by atoms with Crippen LogP contribution >= 0.6 is 0 Å². The van der Waals surface area contributed by atoms with Crippen LogP contribution < -0.4 is 4.74 Å². The summed E-state index contributed by atoms with van der Waals surface area (Å²) in [6.07, 6.45) is 1.66. The molecule has 24 heavy (non-hydrogen) atoms. The zero-order valence-electron chi connectivity index (χ0n) is 13.9. The van der Waals surface area contributed by atoms with E-state index in [4.69, 9.17) is 4.74 Å². The highest BCUT2D eigenvalue weighted by molar-refractivity contribution is 7.89. The van der Waals surface area contributed by atoms with Crippen LogP contribution in [0.3, 0.4) is 0 Å². The number of nitrogens with zero attached hydrogens (tertiary/aromatic N) is 1. The smallest absolute Gasteiger partial charge is 0.270 e. The third-order valence-corrected chi connectivity index (χ3v) is 5.19. The molecular formula is C19H19NO3S. The first-order valence-electron chi connectivity index (χ1n) is 7.26. The lowest BCUT2D eigenvalue weighted by Gasteiger charge is -2.12. The molecule has 0 saturated carbocycles. The minimum absolute atomic E-state index is 0.208. The van der Waals surface area contributed by atoms with Crippen LogP contribution in [-0.4, -0.2) is 26.9 Å². The first-order chi connectivity index (χ1) is 11.4. The maximum Gasteiger partial charge on any atom is 0.270 e. The van der Waals surface area contributed by atoms with Crippen molar-refractivity contribution in [2.75, 3.05) is 14.2 Å². The Balaban J connectivity index is 2.36. The van der Waals surface area contributed by atoms with Gasteiger partial charge >= 0.3 is 0 Å². The van der Waals surface area contributed by atoms with Crippen LogP contribution in [0.5, 0.6) is 5.75 Å². The van der Waals surface area contributed by atoms with Gasteiger partial charge in [-0.2, -0.15) is 0 Å². The van der Waals surface area contributed by atoms with E-state index in [2.05, 4.69) is 18.5 Å². The molecule has 124 valence electrons. The van der Waals surface area contributed by atoms with Gasteiger partial charge in [0.1, 0.15) is 5.75 Å². The largest absolute Gasteiger partial charge is 0.497 e. The fourth-order valence-electron chi connectivity index (χ4n) is 2.02. The van der Waals surface area contributed by atoms with Gasteiger partial charge in [0.15, 0.2) is 0 Å². The molecule has 0 aliphatic carbocycles. The van der Waals surface area contributed by atoms with Crippen molar-refractivity contribution in [1.29, 1.82) is 0 Å². The van der Waals surface area contributed by atoms with Crippen molar-refractivity contribution in [3.8, 4) is 17.7 Å². The van der Waals surface area contributed by atoms with E-state index in [-0.39, 0.29) is 4.90 Å². The molecule has 2 aromatic rings. The van der Waals surface area contributed by atoms with Crippen LogP contribution in [0.2, 0.25) is 0 Å². The molecule has 0 aliphatic heterocycles. The molecule has 0 aromatic heterocycles. The topological polar surface area (TPSA) is 46.6 Å². The second kappa shape index (κ2) is 7.24. The zero-order chi connectivity index (χ0) is 17.7. The number of rotatable bonds is 4. The Bertz CT molecular complexity index is 904. The summed E-state index contributed by atoms with van der Waals surface area (Å²) in [7, 11) is -0.668.